The van der Waals surface area contributed by atoms with E-state index in [1.807, 2.05) is 13.8 Å². The molecule has 0 radical (unpaired) electrons. The first kappa shape index (κ1) is 12.0. The summed E-state index contributed by atoms with van der Waals surface area (Å²) in [4.78, 5) is 13.5. The highest BCUT2D eigenvalue weighted by Crippen LogP contribution is 2.09. The van der Waals surface area contributed by atoms with Crippen molar-refractivity contribution in [3.8, 4) is 12.3 Å². The molecule has 1 aliphatic rings. The minimum absolute atomic E-state index is 0.0192. The predicted octanol–water partition coefficient (Wildman–Crippen LogP) is -0.155. The third-order valence-electron chi connectivity index (χ3n) is 2.25. The summed E-state index contributed by atoms with van der Waals surface area (Å²) in [6.45, 7) is 6.33. The van der Waals surface area contributed by atoms with Gasteiger partial charge in [-0.3, -0.25) is 9.69 Å². The van der Waals surface area contributed by atoms with Crippen LogP contribution < -0.4 is 5.32 Å². The number of nitrogens with one attached hydrogen (secondary N) is 1. The number of terminal acetylenes is 1. The SMILES string of the molecule is C#CCNC(=O)CN1C[C@H](C)O[C@@H](C)C1. The molecule has 0 aromatic carbocycles. The van der Waals surface area contributed by atoms with Gasteiger partial charge in [-0.1, -0.05) is 5.92 Å². The van der Waals surface area contributed by atoms with E-state index >= 15 is 0 Å². The Morgan fingerprint density at radius 2 is 2.13 bits per heavy atom. The van der Waals surface area contributed by atoms with E-state index in [4.69, 9.17) is 11.2 Å². The summed E-state index contributed by atoms with van der Waals surface area (Å²) in [5, 5.41) is 2.65. The fourth-order valence-corrected chi connectivity index (χ4v) is 1.82. The molecule has 0 aromatic heterocycles. The number of carbonyl (C=O) groups excluding carboxylic acids is 1. The molecule has 84 valence electrons. The first-order valence-corrected chi connectivity index (χ1v) is 5.19. The molecule has 1 saturated heterocycles. The lowest BCUT2D eigenvalue weighted by Crippen LogP contribution is -2.49. The fraction of sp³-hybridized carbons (Fsp3) is 0.727. The van der Waals surface area contributed by atoms with E-state index in [1.54, 1.807) is 0 Å². The molecule has 0 aromatic rings. The molecule has 1 rings (SSSR count). The number of morpholine rings is 1. The largest absolute Gasteiger partial charge is 0.373 e. The molecule has 1 aliphatic heterocycles. The lowest BCUT2D eigenvalue weighted by molar-refractivity contribution is -0.125. The van der Waals surface area contributed by atoms with Crippen molar-refractivity contribution in [2.24, 2.45) is 0 Å². The maximum absolute atomic E-state index is 11.4. The minimum atomic E-state index is -0.0192. The third-order valence-corrected chi connectivity index (χ3v) is 2.25. The van der Waals surface area contributed by atoms with Crippen molar-refractivity contribution in [1.29, 1.82) is 0 Å². The molecule has 4 nitrogen and oxygen atoms in total. The summed E-state index contributed by atoms with van der Waals surface area (Å²) in [6.07, 6.45) is 5.43. The maximum Gasteiger partial charge on any atom is 0.234 e. The number of hydrogen-bond donors (Lipinski definition) is 1. The molecule has 0 saturated carbocycles. The second-order valence-electron chi connectivity index (χ2n) is 3.93. The fourth-order valence-electron chi connectivity index (χ4n) is 1.82. The van der Waals surface area contributed by atoms with E-state index in [9.17, 15) is 4.79 Å². The van der Waals surface area contributed by atoms with Crippen LogP contribution in [0.5, 0.6) is 0 Å². The first-order chi connectivity index (χ1) is 7.11. The average Bonchev–Trinajstić information content (AvgIpc) is 2.13. The van der Waals surface area contributed by atoms with Crippen LogP contribution in [0.15, 0.2) is 0 Å². The Hall–Kier alpha value is -1.05. The standard InChI is InChI=1S/C11H18N2O2/c1-4-5-12-11(14)8-13-6-9(2)15-10(3)7-13/h1,9-10H,5-8H2,2-3H3,(H,12,14)/t9-,10-/m0/s1. The lowest BCUT2D eigenvalue weighted by Gasteiger charge is -2.34. The molecule has 0 unspecified atom stereocenters. The van der Waals surface area contributed by atoms with Gasteiger partial charge < -0.3 is 10.1 Å². The smallest absolute Gasteiger partial charge is 0.234 e. The van der Waals surface area contributed by atoms with Crippen LogP contribution in [-0.2, 0) is 9.53 Å². The summed E-state index contributed by atoms with van der Waals surface area (Å²) >= 11 is 0. The highest BCUT2D eigenvalue weighted by atomic mass is 16.5. The predicted molar refractivity (Wildman–Crippen MR) is 58.3 cm³/mol. The van der Waals surface area contributed by atoms with Crippen molar-refractivity contribution in [3.63, 3.8) is 0 Å². The van der Waals surface area contributed by atoms with Gasteiger partial charge in [-0.2, -0.15) is 0 Å². The first-order valence-electron chi connectivity index (χ1n) is 5.19. The second-order valence-corrected chi connectivity index (χ2v) is 3.93. The molecule has 2 atom stereocenters. The van der Waals surface area contributed by atoms with Crippen molar-refractivity contribution in [2.75, 3.05) is 26.2 Å². The highest BCUT2D eigenvalue weighted by Gasteiger charge is 2.23. The second kappa shape index (κ2) is 5.74. The minimum Gasteiger partial charge on any atom is -0.373 e. The van der Waals surface area contributed by atoms with Gasteiger partial charge in [0.2, 0.25) is 5.91 Å². The van der Waals surface area contributed by atoms with Crippen LogP contribution in [0.1, 0.15) is 13.8 Å². The van der Waals surface area contributed by atoms with E-state index in [2.05, 4.69) is 16.1 Å². The van der Waals surface area contributed by atoms with Gasteiger partial charge >= 0.3 is 0 Å². The quantitative estimate of drug-likeness (QED) is 0.658. The molecule has 15 heavy (non-hydrogen) atoms. The monoisotopic (exact) mass is 210 g/mol. The van der Waals surface area contributed by atoms with Crippen LogP contribution in [0, 0.1) is 12.3 Å². The summed E-state index contributed by atoms with van der Waals surface area (Å²) in [5.74, 6) is 2.36. The zero-order valence-corrected chi connectivity index (χ0v) is 9.32. The highest BCUT2D eigenvalue weighted by molar-refractivity contribution is 5.78. The van der Waals surface area contributed by atoms with Gasteiger partial charge in [-0.25, -0.2) is 0 Å². The van der Waals surface area contributed by atoms with E-state index in [0.717, 1.165) is 13.1 Å². The summed E-state index contributed by atoms with van der Waals surface area (Å²) in [6, 6.07) is 0. The van der Waals surface area contributed by atoms with Crippen LogP contribution >= 0.6 is 0 Å². The van der Waals surface area contributed by atoms with Crippen molar-refractivity contribution in [1.82, 2.24) is 10.2 Å². The van der Waals surface area contributed by atoms with Gasteiger partial charge in [0, 0.05) is 13.1 Å². The van der Waals surface area contributed by atoms with Gasteiger partial charge in [0.15, 0.2) is 0 Å². The zero-order chi connectivity index (χ0) is 11.3. The Labute approximate surface area is 91.0 Å². The average molecular weight is 210 g/mol. The molecular weight excluding hydrogens is 192 g/mol. The number of hydrogen-bond acceptors (Lipinski definition) is 3. The van der Waals surface area contributed by atoms with Crippen LogP contribution in [0.25, 0.3) is 0 Å². The summed E-state index contributed by atoms with van der Waals surface area (Å²) in [5.41, 5.74) is 0. The Morgan fingerprint density at radius 3 is 2.67 bits per heavy atom. The topological polar surface area (TPSA) is 41.6 Å². The molecule has 1 heterocycles. The van der Waals surface area contributed by atoms with Crippen molar-refractivity contribution in [2.45, 2.75) is 26.1 Å². The van der Waals surface area contributed by atoms with Gasteiger partial charge in [-0.05, 0) is 13.8 Å². The van der Waals surface area contributed by atoms with Gasteiger partial charge in [0.1, 0.15) is 0 Å². The Kier molecular flexibility index (Phi) is 4.60. The molecular formula is C11H18N2O2. The molecule has 1 N–H and O–H groups in total. The molecule has 0 bridgehead atoms. The van der Waals surface area contributed by atoms with Gasteiger partial charge in [-0.15, -0.1) is 6.42 Å². The molecule has 1 amide bonds. The van der Waals surface area contributed by atoms with E-state index in [0.29, 0.717) is 13.1 Å². The molecule has 0 spiro atoms. The van der Waals surface area contributed by atoms with Crippen molar-refractivity contribution in [3.05, 3.63) is 0 Å². The van der Waals surface area contributed by atoms with Crippen LogP contribution in [0.3, 0.4) is 0 Å². The molecule has 4 heteroatoms. The summed E-state index contributed by atoms with van der Waals surface area (Å²) < 4.78 is 5.57. The Morgan fingerprint density at radius 1 is 1.53 bits per heavy atom. The van der Waals surface area contributed by atoms with E-state index in [1.165, 1.54) is 0 Å². The van der Waals surface area contributed by atoms with Crippen LogP contribution in [-0.4, -0.2) is 49.2 Å². The summed E-state index contributed by atoms with van der Waals surface area (Å²) in [7, 11) is 0. The zero-order valence-electron chi connectivity index (χ0n) is 9.32. The van der Waals surface area contributed by atoms with Crippen LogP contribution in [0.4, 0.5) is 0 Å². The number of nitrogens with zero attached hydrogens (tertiary/aromatic N) is 1. The van der Waals surface area contributed by atoms with E-state index in [-0.39, 0.29) is 18.1 Å². The van der Waals surface area contributed by atoms with Gasteiger partial charge in [0.05, 0.1) is 25.3 Å². The molecule has 0 aliphatic carbocycles. The third kappa shape index (κ3) is 4.32. The van der Waals surface area contributed by atoms with Crippen LogP contribution in [0.2, 0.25) is 0 Å². The van der Waals surface area contributed by atoms with Crippen molar-refractivity contribution < 1.29 is 9.53 Å². The normalized spacial score (nSPS) is 27.0. The number of rotatable bonds is 3. The lowest BCUT2D eigenvalue weighted by atomic mass is 10.2. The number of ether oxygens (including phenoxy) is 1. The maximum atomic E-state index is 11.4. The van der Waals surface area contributed by atoms with Crippen molar-refractivity contribution >= 4 is 5.91 Å². The number of carbonyl (C=O) groups is 1. The van der Waals surface area contributed by atoms with Gasteiger partial charge in [0.25, 0.3) is 0 Å². The number of amides is 1. The van der Waals surface area contributed by atoms with E-state index < -0.39 is 0 Å². The Bertz CT molecular complexity index is 250. The molecule has 1 fully saturated rings. The Balaban J connectivity index is 2.31.